The second-order valence-electron chi connectivity index (χ2n) is 4.28. The van der Waals surface area contributed by atoms with E-state index in [-0.39, 0.29) is 51.4 Å². The molecule has 0 saturated carbocycles. The Morgan fingerprint density at radius 1 is 1.16 bits per heavy atom. The Labute approximate surface area is 173 Å². The predicted octanol–water partition coefficient (Wildman–Crippen LogP) is 1.08. The molecule has 1 heterocycles. The van der Waals surface area contributed by atoms with E-state index in [1.54, 1.807) is 11.3 Å². The van der Waals surface area contributed by atoms with Crippen molar-refractivity contribution in [2.45, 2.75) is 58.3 Å². The molecule has 0 spiro atoms. The van der Waals surface area contributed by atoms with Crippen molar-refractivity contribution < 1.29 is 51.4 Å². The van der Waals surface area contributed by atoms with Gasteiger partial charge in [-0.15, -0.1) is 10.2 Å². The van der Waals surface area contributed by atoms with Crippen LogP contribution in [0, 0.1) is 0 Å². The van der Waals surface area contributed by atoms with Gasteiger partial charge in [-0.1, -0.05) is 61.1 Å². The second-order valence-corrected chi connectivity index (χ2v) is 6.42. The molecule has 0 unspecified atom stereocenters. The Morgan fingerprint density at radius 2 is 1.79 bits per heavy atom. The fourth-order valence-electron chi connectivity index (χ4n) is 1.73. The summed E-state index contributed by atoms with van der Waals surface area (Å²) in [6, 6.07) is 0. The third-order valence-electron chi connectivity index (χ3n) is 2.67. The zero-order chi connectivity index (χ0) is 13.2. The number of unbranched alkanes of at least 4 members (excludes halogenated alkanes) is 6. The summed E-state index contributed by atoms with van der Waals surface area (Å²) < 4.78 is 0.327. The van der Waals surface area contributed by atoms with E-state index in [0.717, 1.165) is 11.4 Å². The maximum absolute atomic E-state index is 4.79. The fourth-order valence-corrected chi connectivity index (χ4v) is 2.83. The number of thiocarbonyl (C=S) groups is 1. The number of anilines is 1. The molecule has 0 fully saturated rings. The van der Waals surface area contributed by atoms with Gasteiger partial charge in [-0.25, -0.2) is 0 Å². The molecular formula is C12H20KN3S3. The number of aryl methyl sites for hydroxylation is 1. The molecule has 0 radical (unpaired) electrons. The molecule has 102 valence electrons. The Balaban J connectivity index is 0.00000324. The molecule has 0 saturated heterocycles. The second kappa shape index (κ2) is 13.0. The number of rotatable bonds is 9. The van der Waals surface area contributed by atoms with Gasteiger partial charge in [-0.05, 0) is 6.42 Å². The van der Waals surface area contributed by atoms with E-state index >= 15 is 0 Å². The van der Waals surface area contributed by atoms with Crippen molar-refractivity contribution in [3.8, 4) is 0 Å². The molecule has 0 amide bonds. The van der Waals surface area contributed by atoms with Gasteiger partial charge in [0.2, 0.25) is 5.13 Å². The summed E-state index contributed by atoms with van der Waals surface area (Å²) in [5.74, 6) is 0. The van der Waals surface area contributed by atoms with Crippen LogP contribution in [0.3, 0.4) is 0 Å². The first-order chi connectivity index (χ1) is 8.72. The van der Waals surface area contributed by atoms with E-state index in [4.69, 9.17) is 24.8 Å². The maximum atomic E-state index is 4.79. The molecule has 0 aliphatic heterocycles. The molecule has 0 aliphatic carbocycles. The average molecular weight is 342 g/mol. The van der Waals surface area contributed by atoms with Crippen LogP contribution in [0.4, 0.5) is 5.13 Å². The zero-order valence-corrected chi connectivity index (χ0v) is 17.3. The van der Waals surface area contributed by atoms with Crippen LogP contribution in [-0.2, 0) is 19.0 Å². The van der Waals surface area contributed by atoms with Gasteiger partial charge < -0.3 is 30.2 Å². The minimum Gasteiger partial charge on any atom is -0.411 e. The van der Waals surface area contributed by atoms with Crippen molar-refractivity contribution in [1.82, 2.24) is 10.2 Å². The molecule has 0 aromatic carbocycles. The number of nitrogens with zero attached hydrogens (tertiary/aromatic N) is 2. The van der Waals surface area contributed by atoms with Gasteiger partial charge in [-0.3, -0.25) is 0 Å². The summed E-state index contributed by atoms with van der Waals surface area (Å²) in [6.07, 6.45) is 10.2. The monoisotopic (exact) mass is 341 g/mol. The maximum Gasteiger partial charge on any atom is 1.00 e. The standard InChI is InChI=1S/C12H21N3S3.K/c1-2-3-4-5-6-7-8-9-10-14-15-11(18-10)13-12(16)17;/h2-9H2,1H3,(H2,13,15,16,17);/q;+1/p-1. The van der Waals surface area contributed by atoms with Crippen LogP contribution >= 0.6 is 23.6 Å². The van der Waals surface area contributed by atoms with Gasteiger partial charge in [0.05, 0.1) is 0 Å². The van der Waals surface area contributed by atoms with Crippen molar-refractivity contribution in [2.75, 3.05) is 5.32 Å². The first kappa shape index (κ1) is 20.3. The van der Waals surface area contributed by atoms with Crippen molar-refractivity contribution in [1.29, 1.82) is 0 Å². The SMILES string of the molecule is CCCCCCCCCc1nnc(NC(=S)[S-])s1.[K+]. The van der Waals surface area contributed by atoms with E-state index in [0.29, 0.717) is 9.45 Å². The number of aromatic nitrogens is 2. The average Bonchev–Trinajstić information content (AvgIpc) is 2.75. The van der Waals surface area contributed by atoms with E-state index in [1.165, 1.54) is 44.9 Å². The van der Waals surface area contributed by atoms with Crippen LogP contribution in [0.25, 0.3) is 0 Å². The quantitative estimate of drug-likeness (QED) is 0.315. The molecule has 1 N–H and O–H groups in total. The zero-order valence-electron chi connectivity index (χ0n) is 11.8. The molecule has 0 atom stereocenters. The largest absolute Gasteiger partial charge is 1.00 e. The summed E-state index contributed by atoms with van der Waals surface area (Å²) in [4.78, 5) is 0. The van der Waals surface area contributed by atoms with Gasteiger partial charge in [0.1, 0.15) is 5.01 Å². The van der Waals surface area contributed by atoms with E-state index < -0.39 is 0 Å². The van der Waals surface area contributed by atoms with Gasteiger partial charge in [0.25, 0.3) is 0 Å². The molecule has 7 heteroatoms. The molecule has 3 nitrogen and oxygen atoms in total. The fraction of sp³-hybridized carbons (Fsp3) is 0.750. The molecule has 0 aliphatic rings. The summed E-state index contributed by atoms with van der Waals surface area (Å²) in [5, 5.41) is 12.7. The van der Waals surface area contributed by atoms with E-state index in [1.807, 2.05) is 0 Å². The third-order valence-corrected chi connectivity index (χ3v) is 3.77. The number of hydrogen-bond acceptors (Lipinski definition) is 5. The third kappa shape index (κ3) is 10.6. The summed E-state index contributed by atoms with van der Waals surface area (Å²) in [5.41, 5.74) is 0. The van der Waals surface area contributed by atoms with Crippen LogP contribution in [0.15, 0.2) is 0 Å². The Bertz CT molecular complexity index is 358. The molecule has 1 aromatic rings. The first-order valence-electron chi connectivity index (χ1n) is 6.52. The van der Waals surface area contributed by atoms with Crippen LogP contribution < -0.4 is 56.7 Å². The Morgan fingerprint density at radius 3 is 2.42 bits per heavy atom. The minimum atomic E-state index is 0. The van der Waals surface area contributed by atoms with Gasteiger partial charge in [-0.2, -0.15) is 0 Å². The van der Waals surface area contributed by atoms with Crippen molar-refractivity contribution in [2.24, 2.45) is 0 Å². The van der Waals surface area contributed by atoms with Crippen molar-refractivity contribution >= 4 is 45.6 Å². The molecule has 19 heavy (non-hydrogen) atoms. The molecular weight excluding hydrogens is 321 g/mol. The van der Waals surface area contributed by atoms with E-state index in [2.05, 4.69) is 22.4 Å². The first-order valence-corrected chi connectivity index (χ1v) is 8.16. The van der Waals surface area contributed by atoms with E-state index in [9.17, 15) is 0 Å². The van der Waals surface area contributed by atoms with Crippen molar-refractivity contribution in [3.05, 3.63) is 5.01 Å². The predicted molar refractivity (Wildman–Crippen MR) is 85.2 cm³/mol. The topological polar surface area (TPSA) is 37.8 Å². The van der Waals surface area contributed by atoms with Gasteiger partial charge in [0, 0.05) is 6.42 Å². The van der Waals surface area contributed by atoms with Crippen molar-refractivity contribution in [3.63, 3.8) is 0 Å². The smallest absolute Gasteiger partial charge is 0.411 e. The van der Waals surface area contributed by atoms with Crippen LogP contribution in [0.1, 0.15) is 56.9 Å². The Kier molecular flexibility index (Phi) is 13.9. The summed E-state index contributed by atoms with van der Waals surface area (Å²) >= 11 is 11.1. The Hall–Kier alpha value is 1.31. The molecule has 1 aromatic heterocycles. The normalized spacial score (nSPS) is 9.95. The van der Waals surface area contributed by atoms with Gasteiger partial charge in [0.15, 0.2) is 0 Å². The van der Waals surface area contributed by atoms with Crippen LogP contribution in [-0.4, -0.2) is 14.5 Å². The minimum absolute atomic E-state index is 0. The van der Waals surface area contributed by atoms with Crippen LogP contribution in [0.2, 0.25) is 0 Å². The summed E-state index contributed by atoms with van der Waals surface area (Å²) in [6.45, 7) is 2.25. The number of hydrogen-bond donors (Lipinski definition) is 1. The number of nitrogens with one attached hydrogen (secondary N) is 1. The summed E-state index contributed by atoms with van der Waals surface area (Å²) in [7, 11) is 0. The van der Waals surface area contributed by atoms with Gasteiger partial charge >= 0.3 is 51.4 Å². The molecule has 0 bridgehead atoms. The van der Waals surface area contributed by atoms with Crippen LogP contribution in [0.5, 0.6) is 0 Å². The molecule has 1 rings (SSSR count).